The highest BCUT2D eigenvalue weighted by atomic mass is 35.5. The Labute approximate surface area is 85.9 Å². The van der Waals surface area contributed by atoms with Crippen molar-refractivity contribution in [2.45, 2.75) is 39.5 Å². The van der Waals surface area contributed by atoms with Crippen LogP contribution in [0.4, 0.5) is 5.69 Å². The summed E-state index contributed by atoms with van der Waals surface area (Å²) in [5.41, 5.74) is 7.87. The Morgan fingerprint density at radius 3 is 1.92 bits per heavy atom. The molecule has 0 aromatic carbocycles. The summed E-state index contributed by atoms with van der Waals surface area (Å²) in [5, 5.41) is 0. The highest BCUT2D eigenvalue weighted by molar-refractivity contribution is 5.85. The summed E-state index contributed by atoms with van der Waals surface area (Å²) in [6, 6.07) is 0. The maximum Gasteiger partial charge on any atom is 0.129 e. The van der Waals surface area contributed by atoms with E-state index in [0.717, 1.165) is 17.0 Å². The van der Waals surface area contributed by atoms with Crippen LogP contribution in [0.3, 0.4) is 0 Å². The average molecular weight is 204 g/mol. The molecule has 1 aromatic heterocycles. The molecular weight excluding hydrogens is 186 g/mol. The van der Waals surface area contributed by atoms with Gasteiger partial charge in [0.25, 0.3) is 0 Å². The van der Waals surface area contributed by atoms with Crippen LogP contribution in [0.5, 0.6) is 0 Å². The first kappa shape index (κ1) is 12.4. The molecule has 0 atom stereocenters. The fourth-order valence-corrected chi connectivity index (χ4v) is 1.29. The molecule has 0 amide bonds. The van der Waals surface area contributed by atoms with E-state index in [4.69, 9.17) is 10.2 Å². The molecule has 1 aromatic rings. The van der Waals surface area contributed by atoms with Gasteiger partial charge < -0.3 is 10.2 Å². The minimum absolute atomic E-state index is 0. The Kier molecular flexibility index (Phi) is 4.34. The predicted molar refractivity (Wildman–Crippen MR) is 58.5 cm³/mol. The van der Waals surface area contributed by atoms with Gasteiger partial charge in [-0.15, -0.1) is 12.4 Å². The van der Waals surface area contributed by atoms with Gasteiger partial charge in [-0.3, -0.25) is 0 Å². The third-order valence-electron chi connectivity index (χ3n) is 2.04. The molecule has 0 bridgehead atoms. The van der Waals surface area contributed by atoms with E-state index in [-0.39, 0.29) is 12.4 Å². The lowest BCUT2D eigenvalue weighted by Gasteiger charge is -2.04. The minimum atomic E-state index is 0. The van der Waals surface area contributed by atoms with Crippen molar-refractivity contribution in [3.05, 3.63) is 17.6 Å². The number of anilines is 1. The van der Waals surface area contributed by atoms with Crippen LogP contribution < -0.4 is 5.73 Å². The third-order valence-corrected chi connectivity index (χ3v) is 2.04. The molecule has 1 heterocycles. The van der Waals surface area contributed by atoms with Crippen LogP contribution in [0.25, 0.3) is 0 Å². The number of hydrogen-bond donors (Lipinski definition) is 1. The molecule has 3 heteroatoms. The molecule has 13 heavy (non-hydrogen) atoms. The van der Waals surface area contributed by atoms with Crippen LogP contribution in [0.1, 0.15) is 50.9 Å². The van der Waals surface area contributed by atoms with E-state index in [9.17, 15) is 0 Å². The van der Waals surface area contributed by atoms with Gasteiger partial charge in [-0.05, 0) is 5.92 Å². The zero-order chi connectivity index (χ0) is 9.30. The van der Waals surface area contributed by atoms with Crippen LogP contribution in [-0.2, 0) is 0 Å². The second-order valence-electron chi connectivity index (χ2n) is 3.78. The monoisotopic (exact) mass is 203 g/mol. The van der Waals surface area contributed by atoms with E-state index in [1.165, 1.54) is 0 Å². The molecule has 2 N–H and O–H groups in total. The standard InChI is InChI=1S/C10H17NO.ClH/c1-6(2)8-5-12-10(7(3)4)9(8)11;/h5-7H,11H2,1-4H3;1H. The molecule has 0 saturated carbocycles. The molecule has 0 fully saturated rings. The molecule has 2 nitrogen and oxygen atoms in total. The van der Waals surface area contributed by atoms with Crippen LogP contribution in [0.15, 0.2) is 10.7 Å². The summed E-state index contributed by atoms with van der Waals surface area (Å²) < 4.78 is 5.39. The Bertz CT molecular complexity index is 240. The van der Waals surface area contributed by atoms with Crippen molar-refractivity contribution in [1.82, 2.24) is 0 Å². The first-order chi connectivity index (χ1) is 5.54. The summed E-state index contributed by atoms with van der Waals surface area (Å²) in [4.78, 5) is 0. The van der Waals surface area contributed by atoms with Crippen molar-refractivity contribution in [3.63, 3.8) is 0 Å². The van der Waals surface area contributed by atoms with Gasteiger partial charge in [0.15, 0.2) is 0 Å². The summed E-state index contributed by atoms with van der Waals surface area (Å²) in [6.45, 7) is 8.40. The second-order valence-corrected chi connectivity index (χ2v) is 3.78. The molecule has 0 unspecified atom stereocenters. The van der Waals surface area contributed by atoms with Gasteiger partial charge in [0.05, 0.1) is 12.0 Å². The van der Waals surface area contributed by atoms with Gasteiger partial charge in [0, 0.05) is 11.5 Å². The zero-order valence-electron chi connectivity index (χ0n) is 8.63. The highest BCUT2D eigenvalue weighted by Gasteiger charge is 2.14. The van der Waals surface area contributed by atoms with E-state index in [1.54, 1.807) is 6.26 Å². The van der Waals surface area contributed by atoms with Crippen LogP contribution >= 0.6 is 12.4 Å². The van der Waals surface area contributed by atoms with Gasteiger partial charge in [-0.2, -0.15) is 0 Å². The average Bonchev–Trinajstić information content (AvgIpc) is 2.30. The zero-order valence-corrected chi connectivity index (χ0v) is 9.44. The van der Waals surface area contributed by atoms with Crippen molar-refractivity contribution >= 4 is 18.1 Å². The molecule has 0 aliphatic carbocycles. The number of halogens is 1. The van der Waals surface area contributed by atoms with Crippen molar-refractivity contribution in [1.29, 1.82) is 0 Å². The fourth-order valence-electron chi connectivity index (χ4n) is 1.29. The van der Waals surface area contributed by atoms with E-state index in [0.29, 0.717) is 11.8 Å². The molecule has 1 rings (SSSR count). The van der Waals surface area contributed by atoms with Crippen molar-refractivity contribution in [3.8, 4) is 0 Å². The van der Waals surface area contributed by atoms with Gasteiger partial charge in [-0.1, -0.05) is 27.7 Å². The molecule has 0 aliphatic heterocycles. The Morgan fingerprint density at radius 1 is 1.15 bits per heavy atom. The molecule has 0 radical (unpaired) electrons. The SMILES string of the molecule is CC(C)c1coc(C(C)C)c1N.Cl. The van der Waals surface area contributed by atoms with Crippen molar-refractivity contribution < 1.29 is 4.42 Å². The topological polar surface area (TPSA) is 39.2 Å². The molecule has 0 aliphatic rings. The molecular formula is C10H18ClNO. The summed E-state index contributed by atoms with van der Waals surface area (Å²) in [7, 11) is 0. The Balaban J connectivity index is 0.00000144. The molecule has 0 saturated heterocycles. The lowest BCUT2D eigenvalue weighted by Crippen LogP contribution is -1.96. The first-order valence-corrected chi connectivity index (χ1v) is 4.40. The minimum Gasteiger partial charge on any atom is -0.467 e. The normalized spacial score (nSPS) is 10.6. The highest BCUT2D eigenvalue weighted by Crippen LogP contribution is 2.31. The number of furan rings is 1. The molecule has 76 valence electrons. The van der Waals surface area contributed by atoms with E-state index < -0.39 is 0 Å². The number of nitrogen functional groups attached to an aromatic ring is 1. The second kappa shape index (κ2) is 4.56. The van der Waals surface area contributed by atoms with Gasteiger partial charge in [-0.25, -0.2) is 0 Å². The summed E-state index contributed by atoms with van der Waals surface area (Å²) in [5.74, 6) is 1.73. The quantitative estimate of drug-likeness (QED) is 0.799. The smallest absolute Gasteiger partial charge is 0.129 e. The maximum atomic E-state index is 5.91. The fraction of sp³-hybridized carbons (Fsp3) is 0.600. The van der Waals surface area contributed by atoms with Crippen LogP contribution in [0, 0.1) is 0 Å². The lowest BCUT2D eigenvalue weighted by molar-refractivity contribution is 0.486. The van der Waals surface area contributed by atoms with Crippen LogP contribution in [-0.4, -0.2) is 0 Å². The Morgan fingerprint density at radius 2 is 1.69 bits per heavy atom. The largest absolute Gasteiger partial charge is 0.467 e. The van der Waals surface area contributed by atoms with Gasteiger partial charge in [0.1, 0.15) is 5.76 Å². The summed E-state index contributed by atoms with van der Waals surface area (Å²) in [6.07, 6.45) is 1.77. The number of hydrogen-bond acceptors (Lipinski definition) is 2. The Hall–Kier alpha value is -0.630. The number of rotatable bonds is 2. The third kappa shape index (κ3) is 2.41. The van der Waals surface area contributed by atoms with Crippen molar-refractivity contribution in [2.75, 3.05) is 5.73 Å². The predicted octanol–water partition coefficient (Wildman–Crippen LogP) is 3.53. The number of nitrogens with two attached hydrogens (primary N) is 1. The van der Waals surface area contributed by atoms with Gasteiger partial charge >= 0.3 is 0 Å². The molecule has 0 spiro atoms. The first-order valence-electron chi connectivity index (χ1n) is 4.40. The van der Waals surface area contributed by atoms with Gasteiger partial charge in [0.2, 0.25) is 0 Å². The van der Waals surface area contributed by atoms with E-state index >= 15 is 0 Å². The van der Waals surface area contributed by atoms with E-state index in [2.05, 4.69) is 27.7 Å². The summed E-state index contributed by atoms with van der Waals surface area (Å²) >= 11 is 0. The van der Waals surface area contributed by atoms with Crippen molar-refractivity contribution in [2.24, 2.45) is 0 Å². The van der Waals surface area contributed by atoms with E-state index in [1.807, 2.05) is 0 Å². The maximum absolute atomic E-state index is 5.91. The van der Waals surface area contributed by atoms with Crippen LogP contribution in [0.2, 0.25) is 0 Å². The lowest BCUT2D eigenvalue weighted by atomic mass is 10.0.